The highest BCUT2D eigenvalue weighted by Crippen LogP contribution is 2.54. The van der Waals surface area contributed by atoms with Gasteiger partial charge in [0.25, 0.3) is 5.91 Å². The van der Waals surface area contributed by atoms with Crippen LogP contribution in [0.25, 0.3) is 5.76 Å². The van der Waals surface area contributed by atoms with Gasteiger partial charge in [0.1, 0.15) is 29.3 Å². The van der Waals surface area contributed by atoms with Crippen LogP contribution in [0, 0.1) is 11.8 Å². The Morgan fingerprint density at radius 3 is 2.29 bits per heavy atom. The van der Waals surface area contributed by atoms with E-state index in [2.05, 4.69) is 5.32 Å². The van der Waals surface area contributed by atoms with E-state index in [0.29, 0.717) is 11.3 Å². The van der Waals surface area contributed by atoms with Gasteiger partial charge in [0.15, 0.2) is 11.4 Å². The normalized spacial score (nSPS) is 25.7. The number of Topliss-reactive ketones (excluding diaryl/α,β-unsaturated/α-hetero) is 2. The number of halogens is 3. The van der Waals surface area contributed by atoms with Crippen molar-refractivity contribution in [1.29, 1.82) is 0 Å². The van der Waals surface area contributed by atoms with Crippen LogP contribution in [0.5, 0.6) is 5.75 Å². The number of alkyl halides is 3. The molecule has 15 heteroatoms. The summed E-state index contributed by atoms with van der Waals surface area (Å²) in [6.07, 6.45) is -6.58. The Kier molecular flexibility index (Phi) is 7.57. The first-order valence-corrected chi connectivity index (χ1v) is 12.9. The average molecular weight is 597 g/mol. The topological polar surface area (TPSA) is 194 Å². The van der Waals surface area contributed by atoms with Crippen LogP contribution in [0.15, 0.2) is 23.0 Å². The molecule has 228 valence electrons. The Morgan fingerprint density at radius 2 is 1.76 bits per heavy atom. The molecule has 0 bridgehead atoms. The number of carbonyl (C=O) groups excluding carboxylic acids is 4. The molecule has 4 rings (SSSR count). The van der Waals surface area contributed by atoms with Gasteiger partial charge < -0.3 is 36.4 Å². The summed E-state index contributed by atoms with van der Waals surface area (Å²) in [7, 11) is 6.25. The first kappa shape index (κ1) is 30.8. The Morgan fingerprint density at radius 1 is 1.14 bits per heavy atom. The third-order valence-electron chi connectivity index (χ3n) is 8.09. The fraction of sp³-hybridized carbons (Fsp3) is 0.481. The lowest BCUT2D eigenvalue weighted by molar-refractivity contribution is -0.155. The summed E-state index contributed by atoms with van der Waals surface area (Å²) < 4.78 is 37.8. The highest BCUT2D eigenvalue weighted by atomic mass is 19.4. The molecule has 1 saturated carbocycles. The fourth-order valence-electron chi connectivity index (χ4n) is 6.32. The van der Waals surface area contributed by atoms with Crippen molar-refractivity contribution >= 4 is 34.8 Å². The number of primary amides is 1. The number of benzene rings is 1. The quantitative estimate of drug-likeness (QED) is 0.253. The molecule has 2 amide bonds. The van der Waals surface area contributed by atoms with Crippen LogP contribution in [0.3, 0.4) is 0 Å². The molecule has 3 aliphatic carbocycles. The maximum Gasteiger partial charge on any atom is 0.397 e. The van der Waals surface area contributed by atoms with Crippen molar-refractivity contribution in [2.75, 3.05) is 33.1 Å². The predicted molar refractivity (Wildman–Crippen MR) is 141 cm³/mol. The van der Waals surface area contributed by atoms with E-state index in [0.717, 1.165) is 0 Å². The van der Waals surface area contributed by atoms with E-state index >= 15 is 0 Å². The summed E-state index contributed by atoms with van der Waals surface area (Å²) in [6, 6.07) is 0.203. The van der Waals surface area contributed by atoms with E-state index in [4.69, 9.17) is 5.73 Å². The van der Waals surface area contributed by atoms with Crippen molar-refractivity contribution in [3.8, 4) is 5.75 Å². The summed E-state index contributed by atoms with van der Waals surface area (Å²) in [5.74, 6) is -9.41. The Labute approximate surface area is 237 Å². The number of hydrogen-bond donors (Lipinski definition) is 6. The lowest BCUT2D eigenvalue weighted by Gasteiger charge is -2.50. The van der Waals surface area contributed by atoms with Crippen LogP contribution in [0.1, 0.15) is 29.5 Å². The monoisotopic (exact) mass is 596 g/mol. The standard InChI is InChI=1S/C27H31F3N4O8/c1-33(2)14-7-11(9-32-15(35)8-26(28,29)30)20(36)17-12(14)5-10-6-13-19(34(3)4)22(38)18(25(31)41)24(40)27(13,42)23(39)16(10)21(17)37/h7,10,13,19,36-37,40,42H,5-6,8-9H2,1-4H3,(H2,31,41)(H,32,35)/t10-,13-,19-,27-/m0/s1. The number of anilines is 1. The number of ketones is 2. The lowest BCUT2D eigenvalue weighted by Crippen LogP contribution is -2.65. The van der Waals surface area contributed by atoms with Crippen molar-refractivity contribution in [3.63, 3.8) is 0 Å². The molecule has 3 aliphatic rings. The van der Waals surface area contributed by atoms with Gasteiger partial charge in [-0.3, -0.25) is 24.1 Å². The number of nitrogens with one attached hydrogen (secondary N) is 1. The van der Waals surface area contributed by atoms with E-state index in [1.807, 2.05) is 0 Å². The van der Waals surface area contributed by atoms with Crippen molar-refractivity contribution in [2.45, 2.75) is 43.6 Å². The third-order valence-corrected chi connectivity index (χ3v) is 8.09. The Bertz CT molecular complexity index is 1470. The van der Waals surface area contributed by atoms with Crippen molar-refractivity contribution < 1.29 is 52.8 Å². The number of phenols is 1. The molecule has 0 heterocycles. The van der Waals surface area contributed by atoms with E-state index < -0.39 is 88.8 Å². The van der Waals surface area contributed by atoms with Gasteiger partial charge in [-0.15, -0.1) is 0 Å². The zero-order chi connectivity index (χ0) is 31.6. The van der Waals surface area contributed by atoms with Gasteiger partial charge in [-0.05, 0) is 44.5 Å². The molecule has 0 aliphatic heterocycles. The maximum atomic E-state index is 14.0. The molecule has 0 unspecified atom stereocenters. The first-order chi connectivity index (χ1) is 19.3. The number of phenolic OH excluding ortho intramolecular Hbond substituents is 1. The number of likely N-dealkylation sites (N-methyl/N-ethyl adjacent to an activating group) is 1. The number of fused-ring (bicyclic) bond motifs is 3. The summed E-state index contributed by atoms with van der Waals surface area (Å²) in [5.41, 5.74) is 1.68. The second-order valence-electron chi connectivity index (χ2n) is 11.2. The molecule has 4 atom stereocenters. The third kappa shape index (κ3) is 4.75. The van der Waals surface area contributed by atoms with Crippen LogP contribution in [-0.2, 0) is 32.1 Å². The zero-order valence-electron chi connectivity index (χ0n) is 23.2. The van der Waals surface area contributed by atoms with Crippen LogP contribution in [0.4, 0.5) is 18.9 Å². The van der Waals surface area contributed by atoms with Crippen molar-refractivity contribution in [2.24, 2.45) is 17.6 Å². The number of carbonyl (C=O) groups is 4. The van der Waals surface area contributed by atoms with Gasteiger partial charge in [0, 0.05) is 43.4 Å². The molecular weight excluding hydrogens is 565 g/mol. The summed E-state index contributed by atoms with van der Waals surface area (Å²) in [6.45, 7) is -0.543. The summed E-state index contributed by atoms with van der Waals surface area (Å²) >= 11 is 0. The van der Waals surface area contributed by atoms with E-state index in [9.17, 15) is 52.8 Å². The Balaban J connectivity index is 1.88. The predicted octanol–water partition coefficient (Wildman–Crippen LogP) is 0.599. The number of nitrogens with two attached hydrogens (primary N) is 1. The molecule has 0 saturated heterocycles. The van der Waals surface area contributed by atoms with Crippen LogP contribution >= 0.6 is 0 Å². The van der Waals surface area contributed by atoms with E-state index in [-0.39, 0.29) is 29.5 Å². The number of aromatic hydroxyl groups is 1. The number of nitrogens with zero attached hydrogens (tertiary/aromatic N) is 2. The second-order valence-corrected chi connectivity index (χ2v) is 11.2. The SMILES string of the molecule is CN(C)c1cc(CNC(=O)CC(F)(F)F)c(O)c2c1C[C@H]1C[C@H]3[C@H](N(C)C)C(=O)C(C(N)=O)=C(O)[C@@]3(O)C(=O)C1=C2O. The zero-order valence-corrected chi connectivity index (χ0v) is 23.2. The fourth-order valence-corrected chi connectivity index (χ4v) is 6.32. The summed E-state index contributed by atoms with van der Waals surface area (Å²) in [5, 5.41) is 47.2. The average Bonchev–Trinajstić information content (AvgIpc) is 2.84. The highest BCUT2D eigenvalue weighted by molar-refractivity contribution is 6.24. The van der Waals surface area contributed by atoms with E-state index in [1.165, 1.54) is 25.1 Å². The van der Waals surface area contributed by atoms with Gasteiger partial charge in [-0.2, -0.15) is 13.2 Å². The first-order valence-electron chi connectivity index (χ1n) is 12.9. The molecule has 12 nitrogen and oxygen atoms in total. The van der Waals surface area contributed by atoms with Gasteiger partial charge >= 0.3 is 6.18 Å². The number of aliphatic hydroxyl groups is 3. The number of aliphatic hydroxyl groups excluding tert-OH is 2. The molecule has 0 spiro atoms. The molecule has 42 heavy (non-hydrogen) atoms. The van der Waals surface area contributed by atoms with Crippen LogP contribution in [0.2, 0.25) is 0 Å². The van der Waals surface area contributed by atoms with Crippen LogP contribution in [-0.4, -0.2) is 94.7 Å². The van der Waals surface area contributed by atoms with Crippen molar-refractivity contribution in [1.82, 2.24) is 10.2 Å². The molecule has 1 aromatic rings. The smallest absolute Gasteiger partial charge is 0.397 e. The van der Waals surface area contributed by atoms with Gasteiger partial charge in [0.2, 0.25) is 11.7 Å². The van der Waals surface area contributed by atoms with Crippen molar-refractivity contribution in [3.05, 3.63) is 39.7 Å². The van der Waals surface area contributed by atoms with Gasteiger partial charge in [-0.1, -0.05) is 0 Å². The molecule has 1 aromatic carbocycles. The number of hydrogen-bond acceptors (Lipinski definition) is 10. The van der Waals surface area contributed by atoms with Gasteiger partial charge in [0.05, 0.1) is 11.6 Å². The maximum absolute atomic E-state index is 14.0. The molecule has 1 fully saturated rings. The van der Waals surface area contributed by atoms with Crippen LogP contribution < -0.4 is 16.0 Å². The molecule has 7 N–H and O–H groups in total. The minimum atomic E-state index is -4.75. The minimum Gasteiger partial charge on any atom is -0.508 e. The highest BCUT2D eigenvalue weighted by Gasteiger charge is 2.64. The Hall–Kier alpha value is -4.11. The minimum absolute atomic E-state index is 0.0241. The molecular formula is C27H31F3N4O8. The van der Waals surface area contributed by atoms with Gasteiger partial charge in [-0.25, -0.2) is 0 Å². The lowest BCUT2D eigenvalue weighted by atomic mass is 9.57. The molecule has 0 radical (unpaired) electrons. The number of rotatable bonds is 6. The largest absolute Gasteiger partial charge is 0.508 e. The van der Waals surface area contributed by atoms with E-state index in [1.54, 1.807) is 19.0 Å². The molecule has 0 aromatic heterocycles. The number of amides is 2. The summed E-state index contributed by atoms with van der Waals surface area (Å²) in [4.78, 5) is 54.0. The second kappa shape index (κ2) is 10.3.